The van der Waals surface area contributed by atoms with Crippen LogP contribution in [0, 0.1) is 5.92 Å². The Balaban J connectivity index is 1.54. The number of nitrogens with zero attached hydrogens (tertiary/aromatic N) is 2. The summed E-state index contributed by atoms with van der Waals surface area (Å²) in [6.45, 7) is 4.52. The molecule has 2 fully saturated rings. The van der Waals surface area contributed by atoms with E-state index in [1.54, 1.807) is 12.3 Å². The van der Waals surface area contributed by atoms with E-state index in [1.165, 1.54) is 12.8 Å². The highest BCUT2D eigenvalue weighted by atomic mass is 16.5. The van der Waals surface area contributed by atoms with Crippen molar-refractivity contribution in [3.8, 4) is 0 Å². The van der Waals surface area contributed by atoms with Crippen molar-refractivity contribution in [2.24, 2.45) is 5.92 Å². The van der Waals surface area contributed by atoms with E-state index in [0.29, 0.717) is 29.2 Å². The van der Waals surface area contributed by atoms with Gasteiger partial charge in [-0.1, -0.05) is 0 Å². The van der Waals surface area contributed by atoms with Crippen molar-refractivity contribution in [3.63, 3.8) is 0 Å². The molecule has 7 nitrogen and oxygen atoms in total. The van der Waals surface area contributed by atoms with Crippen LogP contribution in [-0.2, 0) is 11.3 Å². The first-order chi connectivity index (χ1) is 12.3. The Hall–Kier alpha value is -1.83. The van der Waals surface area contributed by atoms with Crippen LogP contribution in [-0.4, -0.2) is 41.2 Å². The molecule has 2 aromatic rings. The van der Waals surface area contributed by atoms with Crippen LogP contribution < -0.4 is 16.2 Å². The molecule has 1 unspecified atom stereocenters. The molecule has 2 aliphatic rings. The number of piperidine rings is 1. The standard InChI is InChI=1S/C18H25N5O2/c24-18-13-5-8-21-14(11-20-10-12-3-6-19-7-4-12)16(13)22-17(23-18)15-2-1-9-25-15/h5,8,12,15,19-20H,1-4,6-7,9-11H2,(H,22,23,24). The number of fused-ring (bicyclic) bond motifs is 1. The molecule has 0 aromatic carbocycles. The molecule has 0 aliphatic carbocycles. The largest absolute Gasteiger partial charge is 0.370 e. The maximum Gasteiger partial charge on any atom is 0.258 e. The Kier molecular flexibility index (Phi) is 5.05. The molecular formula is C18H25N5O2. The van der Waals surface area contributed by atoms with Crippen LogP contribution >= 0.6 is 0 Å². The molecule has 7 heteroatoms. The molecule has 1 atom stereocenters. The Labute approximate surface area is 146 Å². The SMILES string of the molecule is O=c1[nH]c(C2CCCO2)nc2c(CNCC3CCNCC3)nccc12. The fourth-order valence-corrected chi connectivity index (χ4v) is 3.69. The van der Waals surface area contributed by atoms with Gasteiger partial charge in [0.05, 0.1) is 11.1 Å². The molecule has 134 valence electrons. The number of ether oxygens (including phenoxy) is 1. The number of aromatic nitrogens is 3. The van der Waals surface area contributed by atoms with Crippen molar-refractivity contribution in [1.82, 2.24) is 25.6 Å². The minimum atomic E-state index is -0.113. The summed E-state index contributed by atoms with van der Waals surface area (Å²) in [7, 11) is 0. The van der Waals surface area contributed by atoms with E-state index >= 15 is 0 Å². The van der Waals surface area contributed by atoms with Crippen molar-refractivity contribution in [2.45, 2.75) is 38.3 Å². The normalized spacial score (nSPS) is 21.8. The minimum Gasteiger partial charge on any atom is -0.370 e. The molecule has 25 heavy (non-hydrogen) atoms. The number of H-pyrrole nitrogens is 1. The van der Waals surface area contributed by atoms with E-state index in [4.69, 9.17) is 9.72 Å². The van der Waals surface area contributed by atoms with Gasteiger partial charge in [-0.15, -0.1) is 0 Å². The van der Waals surface area contributed by atoms with Gasteiger partial charge in [-0.3, -0.25) is 9.78 Å². The molecular weight excluding hydrogens is 318 g/mol. The first-order valence-electron chi connectivity index (χ1n) is 9.22. The first-order valence-corrected chi connectivity index (χ1v) is 9.22. The predicted octanol–water partition coefficient (Wildman–Crippen LogP) is 1.26. The highest BCUT2D eigenvalue weighted by Crippen LogP contribution is 2.26. The lowest BCUT2D eigenvalue weighted by atomic mass is 9.98. The fraction of sp³-hybridized carbons (Fsp3) is 0.611. The summed E-state index contributed by atoms with van der Waals surface area (Å²) in [5.74, 6) is 1.33. The Morgan fingerprint density at radius 2 is 2.16 bits per heavy atom. The molecule has 0 amide bonds. The molecule has 0 spiro atoms. The first kappa shape index (κ1) is 16.6. The van der Waals surface area contributed by atoms with Gasteiger partial charge in [-0.2, -0.15) is 0 Å². The Bertz CT molecular complexity index is 779. The maximum absolute atomic E-state index is 12.4. The van der Waals surface area contributed by atoms with Crippen molar-refractivity contribution in [2.75, 3.05) is 26.2 Å². The van der Waals surface area contributed by atoms with Crippen molar-refractivity contribution in [1.29, 1.82) is 0 Å². The summed E-state index contributed by atoms with van der Waals surface area (Å²) in [5, 5.41) is 7.48. The third kappa shape index (κ3) is 3.73. The zero-order valence-electron chi connectivity index (χ0n) is 14.4. The van der Waals surface area contributed by atoms with Crippen LogP contribution in [0.1, 0.15) is 43.3 Å². The van der Waals surface area contributed by atoms with Crippen LogP contribution in [0.3, 0.4) is 0 Å². The van der Waals surface area contributed by atoms with Gasteiger partial charge in [0.1, 0.15) is 17.4 Å². The van der Waals surface area contributed by atoms with Gasteiger partial charge < -0.3 is 20.4 Å². The second kappa shape index (κ2) is 7.59. The van der Waals surface area contributed by atoms with Gasteiger partial charge in [0.15, 0.2) is 0 Å². The monoisotopic (exact) mass is 343 g/mol. The number of rotatable bonds is 5. The zero-order chi connectivity index (χ0) is 17.1. The van der Waals surface area contributed by atoms with Crippen LogP contribution in [0.2, 0.25) is 0 Å². The van der Waals surface area contributed by atoms with Crippen molar-refractivity contribution >= 4 is 10.9 Å². The third-order valence-electron chi connectivity index (χ3n) is 5.14. The fourth-order valence-electron chi connectivity index (χ4n) is 3.69. The zero-order valence-corrected chi connectivity index (χ0v) is 14.4. The van der Waals surface area contributed by atoms with E-state index in [2.05, 4.69) is 20.6 Å². The maximum atomic E-state index is 12.4. The second-order valence-electron chi connectivity index (χ2n) is 6.93. The average Bonchev–Trinajstić information content (AvgIpc) is 3.18. The highest BCUT2D eigenvalue weighted by Gasteiger charge is 2.21. The van der Waals surface area contributed by atoms with Gasteiger partial charge >= 0.3 is 0 Å². The number of hydrogen-bond donors (Lipinski definition) is 3. The van der Waals surface area contributed by atoms with E-state index in [9.17, 15) is 4.79 Å². The van der Waals surface area contributed by atoms with Crippen molar-refractivity contribution in [3.05, 3.63) is 34.1 Å². The van der Waals surface area contributed by atoms with Crippen LogP contribution in [0.4, 0.5) is 0 Å². The highest BCUT2D eigenvalue weighted by molar-refractivity contribution is 5.79. The molecule has 2 aromatic heterocycles. The third-order valence-corrected chi connectivity index (χ3v) is 5.14. The second-order valence-corrected chi connectivity index (χ2v) is 6.93. The molecule has 2 saturated heterocycles. The Morgan fingerprint density at radius 1 is 1.28 bits per heavy atom. The quantitative estimate of drug-likeness (QED) is 0.757. The van der Waals surface area contributed by atoms with Crippen LogP contribution in [0.15, 0.2) is 17.1 Å². The molecule has 0 bridgehead atoms. The minimum absolute atomic E-state index is 0.104. The number of hydrogen-bond acceptors (Lipinski definition) is 6. The Morgan fingerprint density at radius 3 is 2.96 bits per heavy atom. The lowest BCUT2D eigenvalue weighted by Gasteiger charge is -2.22. The van der Waals surface area contributed by atoms with Crippen LogP contribution in [0.25, 0.3) is 10.9 Å². The van der Waals surface area contributed by atoms with Gasteiger partial charge in [-0.05, 0) is 57.3 Å². The van der Waals surface area contributed by atoms with E-state index in [0.717, 1.165) is 44.8 Å². The van der Waals surface area contributed by atoms with Gasteiger partial charge in [-0.25, -0.2) is 4.98 Å². The summed E-state index contributed by atoms with van der Waals surface area (Å²) < 4.78 is 5.67. The number of nitrogens with one attached hydrogen (secondary N) is 3. The molecule has 4 heterocycles. The predicted molar refractivity (Wildman–Crippen MR) is 95.4 cm³/mol. The summed E-state index contributed by atoms with van der Waals surface area (Å²) in [4.78, 5) is 24.5. The van der Waals surface area contributed by atoms with Gasteiger partial charge in [0.25, 0.3) is 5.56 Å². The molecule has 0 radical (unpaired) electrons. The lowest BCUT2D eigenvalue weighted by Crippen LogP contribution is -2.33. The molecule has 2 aliphatic heterocycles. The summed E-state index contributed by atoms with van der Waals surface area (Å²) in [6, 6.07) is 1.73. The van der Waals surface area contributed by atoms with Crippen molar-refractivity contribution < 1.29 is 4.74 Å². The van der Waals surface area contributed by atoms with Crippen LogP contribution in [0.5, 0.6) is 0 Å². The van der Waals surface area contributed by atoms with E-state index < -0.39 is 0 Å². The summed E-state index contributed by atoms with van der Waals surface area (Å²) >= 11 is 0. The number of aromatic amines is 1. The smallest absolute Gasteiger partial charge is 0.258 e. The molecule has 0 saturated carbocycles. The van der Waals surface area contributed by atoms with E-state index in [-0.39, 0.29) is 11.7 Å². The van der Waals surface area contributed by atoms with E-state index in [1.807, 2.05) is 0 Å². The summed E-state index contributed by atoms with van der Waals surface area (Å²) in [6.07, 6.45) is 5.90. The number of pyridine rings is 1. The summed E-state index contributed by atoms with van der Waals surface area (Å²) in [5.41, 5.74) is 1.41. The van der Waals surface area contributed by atoms with Gasteiger partial charge in [0, 0.05) is 19.3 Å². The average molecular weight is 343 g/mol. The van der Waals surface area contributed by atoms with Gasteiger partial charge in [0.2, 0.25) is 0 Å². The molecule has 3 N–H and O–H groups in total. The lowest BCUT2D eigenvalue weighted by molar-refractivity contribution is 0.105. The topological polar surface area (TPSA) is 91.9 Å². The molecule has 4 rings (SSSR count).